The minimum absolute atomic E-state index is 0.118. The van der Waals surface area contributed by atoms with Gasteiger partial charge in [0.05, 0.1) is 20.0 Å². The van der Waals surface area contributed by atoms with Crippen LogP contribution in [0.1, 0.15) is 23.8 Å². The van der Waals surface area contributed by atoms with Crippen molar-refractivity contribution >= 4 is 28.9 Å². The second-order valence-electron chi connectivity index (χ2n) is 5.76. The highest BCUT2D eigenvalue weighted by Crippen LogP contribution is 2.11. The lowest BCUT2D eigenvalue weighted by atomic mass is 10.1. The lowest BCUT2D eigenvalue weighted by molar-refractivity contribution is -0.121. The van der Waals surface area contributed by atoms with Crippen molar-refractivity contribution in [1.82, 2.24) is 10.7 Å². The summed E-state index contributed by atoms with van der Waals surface area (Å²) in [7, 11) is 1.63. The van der Waals surface area contributed by atoms with Crippen LogP contribution < -0.4 is 15.5 Å². The highest BCUT2D eigenvalue weighted by Gasteiger charge is 2.06. The predicted molar refractivity (Wildman–Crippen MR) is 104 cm³/mol. The van der Waals surface area contributed by atoms with Crippen molar-refractivity contribution in [3.8, 4) is 5.75 Å². The molecule has 138 valence electrons. The van der Waals surface area contributed by atoms with Gasteiger partial charge in [0.2, 0.25) is 11.8 Å². The number of hydrogen-bond donors (Lipinski definition) is 2. The smallest absolute Gasteiger partial charge is 0.245 e. The van der Waals surface area contributed by atoms with E-state index in [1.807, 2.05) is 41.8 Å². The van der Waals surface area contributed by atoms with Crippen LogP contribution >= 0.6 is 11.3 Å². The van der Waals surface area contributed by atoms with Crippen molar-refractivity contribution in [1.29, 1.82) is 0 Å². The van der Waals surface area contributed by atoms with Crippen molar-refractivity contribution in [2.75, 3.05) is 13.7 Å². The second kappa shape index (κ2) is 10.4. The number of hydrogen-bond acceptors (Lipinski definition) is 5. The Morgan fingerprint density at radius 2 is 1.92 bits per heavy atom. The highest BCUT2D eigenvalue weighted by molar-refractivity contribution is 7.10. The number of rotatable bonds is 9. The third-order valence-electron chi connectivity index (χ3n) is 3.60. The standard InChI is InChI=1S/C19H23N3O3S/c1-14(21-22-19(24)13-17-4-3-11-26-17)12-18(23)20-10-9-15-5-7-16(25-2)8-6-15/h3-8,11H,9-10,12-13H2,1-2H3,(H,20,23)(H,22,24). The van der Waals surface area contributed by atoms with Gasteiger partial charge in [0.15, 0.2) is 0 Å². The normalized spacial score (nSPS) is 11.1. The van der Waals surface area contributed by atoms with E-state index in [-0.39, 0.29) is 18.2 Å². The van der Waals surface area contributed by atoms with Crippen LogP contribution in [0, 0.1) is 0 Å². The van der Waals surface area contributed by atoms with Gasteiger partial charge in [-0.3, -0.25) is 9.59 Å². The fraction of sp³-hybridized carbons (Fsp3) is 0.316. The average molecular weight is 373 g/mol. The summed E-state index contributed by atoms with van der Waals surface area (Å²) in [6.45, 7) is 2.26. The molecule has 0 aliphatic carbocycles. The molecule has 0 aliphatic rings. The lowest BCUT2D eigenvalue weighted by Crippen LogP contribution is -2.28. The molecule has 7 heteroatoms. The van der Waals surface area contributed by atoms with Gasteiger partial charge in [-0.2, -0.15) is 5.10 Å². The number of thiophene rings is 1. The minimum atomic E-state index is -0.188. The zero-order chi connectivity index (χ0) is 18.8. The molecule has 6 nitrogen and oxygen atoms in total. The summed E-state index contributed by atoms with van der Waals surface area (Å²) in [6, 6.07) is 11.5. The van der Waals surface area contributed by atoms with Crippen molar-refractivity contribution < 1.29 is 14.3 Å². The Morgan fingerprint density at radius 1 is 1.15 bits per heavy atom. The fourth-order valence-corrected chi connectivity index (χ4v) is 2.95. The molecular formula is C19H23N3O3S. The van der Waals surface area contributed by atoms with Crippen molar-refractivity contribution in [2.24, 2.45) is 5.10 Å². The van der Waals surface area contributed by atoms with E-state index in [0.29, 0.717) is 18.7 Å². The van der Waals surface area contributed by atoms with E-state index >= 15 is 0 Å². The predicted octanol–water partition coefficient (Wildman–Crippen LogP) is 2.54. The van der Waals surface area contributed by atoms with Crippen LogP contribution in [0.4, 0.5) is 0 Å². The molecule has 2 N–H and O–H groups in total. The number of amides is 2. The van der Waals surface area contributed by atoms with Gasteiger partial charge in [-0.1, -0.05) is 18.2 Å². The van der Waals surface area contributed by atoms with Gasteiger partial charge in [0.1, 0.15) is 5.75 Å². The number of ether oxygens (including phenoxy) is 1. The molecule has 2 rings (SSSR count). The van der Waals surface area contributed by atoms with Crippen LogP contribution in [0.15, 0.2) is 46.9 Å². The summed E-state index contributed by atoms with van der Waals surface area (Å²) in [5, 5.41) is 8.75. The number of nitrogens with zero attached hydrogens (tertiary/aromatic N) is 1. The molecule has 0 saturated heterocycles. The largest absolute Gasteiger partial charge is 0.497 e. The molecule has 1 heterocycles. The van der Waals surface area contributed by atoms with Crippen LogP contribution in [0.5, 0.6) is 5.75 Å². The SMILES string of the molecule is COc1ccc(CCNC(=O)CC(C)=NNC(=O)Cc2cccs2)cc1. The molecule has 2 aromatic rings. The summed E-state index contributed by atoms with van der Waals surface area (Å²) in [5.74, 6) is 0.504. The first-order valence-corrected chi connectivity index (χ1v) is 9.19. The maximum absolute atomic E-state index is 11.9. The molecule has 0 bridgehead atoms. The third-order valence-corrected chi connectivity index (χ3v) is 4.47. The first kappa shape index (κ1) is 19.7. The molecule has 1 aromatic heterocycles. The Balaban J connectivity index is 1.66. The Labute approximate surface area is 157 Å². The monoisotopic (exact) mass is 373 g/mol. The zero-order valence-electron chi connectivity index (χ0n) is 15.0. The third kappa shape index (κ3) is 7.06. The molecule has 0 fully saturated rings. The van der Waals surface area contributed by atoms with E-state index in [1.54, 1.807) is 14.0 Å². The van der Waals surface area contributed by atoms with Gasteiger partial charge in [-0.05, 0) is 42.5 Å². The number of hydrazone groups is 1. The van der Waals surface area contributed by atoms with Crippen molar-refractivity contribution in [3.63, 3.8) is 0 Å². The fourth-order valence-electron chi connectivity index (χ4n) is 2.24. The number of carbonyl (C=O) groups is 2. The van der Waals surface area contributed by atoms with Crippen LogP contribution in [0.2, 0.25) is 0 Å². The van der Waals surface area contributed by atoms with Crippen LogP contribution in [0.25, 0.3) is 0 Å². The van der Waals surface area contributed by atoms with Gasteiger partial charge < -0.3 is 10.1 Å². The Bertz CT molecular complexity index is 740. The maximum atomic E-state index is 11.9. The molecule has 1 aromatic carbocycles. The van der Waals surface area contributed by atoms with Gasteiger partial charge in [0, 0.05) is 17.1 Å². The van der Waals surface area contributed by atoms with E-state index in [9.17, 15) is 9.59 Å². The van der Waals surface area contributed by atoms with Crippen LogP contribution in [0.3, 0.4) is 0 Å². The Hall–Kier alpha value is -2.67. The van der Waals surface area contributed by atoms with Crippen LogP contribution in [-0.4, -0.2) is 31.2 Å². The number of methoxy groups -OCH3 is 1. The Kier molecular flexibility index (Phi) is 7.82. The van der Waals surface area contributed by atoms with E-state index in [4.69, 9.17) is 4.74 Å². The van der Waals surface area contributed by atoms with E-state index < -0.39 is 0 Å². The van der Waals surface area contributed by atoms with Gasteiger partial charge in [-0.15, -0.1) is 11.3 Å². The molecule has 0 unspecified atom stereocenters. The quantitative estimate of drug-likeness (QED) is 0.524. The van der Waals surface area contributed by atoms with Gasteiger partial charge >= 0.3 is 0 Å². The van der Waals surface area contributed by atoms with E-state index in [1.165, 1.54) is 11.3 Å². The summed E-state index contributed by atoms with van der Waals surface area (Å²) in [6.07, 6.45) is 1.19. The molecule has 2 amide bonds. The highest BCUT2D eigenvalue weighted by atomic mass is 32.1. The molecule has 26 heavy (non-hydrogen) atoms. The van der Waals surface area contributed by atoms with Crippen molar-refractivity contribution in [3.05, 3.63) is 52.2 Å². The van der Waals surface area contributed by atoms with Crippen LogP contribution in [-0.2, 0) is 22.4 Å². The summed E-state index contributed by atoms with van der Waals surface area (Å²) < 4.78 is 5.11. The molecule has 0 aliphatic heterocycles. The number of carbonyl (C=O) groups excluding carboxylic acids is 2. The van der Waals surface area contributed by atoms with E-state index in [0.717, 1.165) is 22.6 Å². The summed E-state index contributed by atoms with van der Waals surface area (Å²) >= 11 is 1.52. The molecule has 0 spiro atoms. The minimum Gasteiger partial charge on any atom is -0.497 e. The molecular weight excluding hydrogens is 350 g/mol. The second-order valence-corrected chi connectivity index (χ2v) is 6.80. The molecule has 0 saturated carbocycles. The average Bonchev–Trinajstić information content (AvgIpc) is 3.13. The van der Waals surface area contributed by atoms with E-state index in [2.05, 4.69) is 15.8 Å². The molecule has 0 radical (unpaired) electrons. The van der Waals surface area contributed by atoms with Crippen molar-refractivity contribution in [2.45, 2.75) is 26.2 Å². The van der Waals surface area contributed by atoms with Gasteiger partial charge in [0.25, 0.3) is 0 Å². The topological polar surface area (TPSA) is 79.8 Å². The number of nitrogens with one attached hydrogen (secondary N) is 2. The lowest BCUT2D eigenvalue weighted by Gasteiger charge is -2.06. The summed E-state index contributed by atoms with van der Waals surface area (Å²) in [5.41, 5.74) is 4.17. The summed E-state index contributed by atoms with van der Waals surface area (Å²) in [4.78, 5) is 24.7. The first-order chi connectivity index (χ1) is 12.6. The van der Waals surface area contributed by atoms with Gasteiger partial charge in [-0.25, -0.2) is 5.43 Å². The maximum Gasteiger partial charge on any atom is 0.245 e. The zero-order valence-corrected chi connectivity index (χ0v) is 15.8. The first-order valence-electron chi connectivity index (χ1n) is 8.31. The number of benzene rings is 1. The molecule has 0 atom stereocenters. The Morgan fingerprint density at radius 3 is 2.58 bits per heavy atom.